The van der Waals surface area contributed by atoms with Crippen molar-refractivity contribution in [2.45, 2.75) is 25.9 Å². The van der Waals surface area contributed by atoms with E-state index in [1.807, 2.05) is 79.7 Å². The molecule has 3 aromatic carbocycles. The van der Waals surface area contributed by atoms with Crippen LogP contribution < -0.4 is 10.1 Å². The lowest BCUT2D eigenvalue weighted by molar-refractivity contribution is -0.142. The standard InChI is InChI=1S/C26H27BrN2O3/c1-2-28-26(31)24(17-20-9-5-3-6-10-20)29(18-21-13-15-22(27)16-14-21)25(30)19-32-23-11-7-4-8-12-23/h3-16,24H,2,17-19H2,1H3,(H,28,31). The Morgan fingerprint density at radius 2 is 1.53 bits per heavy atom. The molecule has 0 spiro atoms. The number of likely N-dealkylation sites (N-methyl/N-ethyl adjacent to an activating group) is 1. The molecule has 3 rings (SSSR count). The summed E-state index contributed by atoms with van der Waals surface area (Å²) in [6.45, 7) is 2.52. The lowest BCUT2D eigenvalue weighted by Crippen LogP contribution is -2.51. The molecular formula is C26H27BrN2O3. The van der Waals surface area contributed by atoms with Gasteiger partial charge in [-0.05, 0) is 42.3 Å². The van der Waals surface area contributed by atoms with Gasteiger partial charge in [0.15, 0.2) is 6.61 Å². The molecule has 0 saturated carbocycles. The van der Waals surface area contributed by atoms with Crippen LogP contribution in [0, 0.1) is 0 Å². The Labute approximate surface area is 197 Å². The fraction of sp³-hybridized carbons (Fsp3) is 0.231. The quantitative estimate of drug-likeness (QED) is 0.447. The number of amides is 2. The summed E-state index contributed by atoms with van der Waals surface area (Å²) in [5.74, 6) is 0.188. The maximum absolute atomic E-state index is 13.3. The van der Waals surface area contributed by atoms with Crippen LogP contribution in [0.3, 0.4) is 0 Å². The summed E-state index contributed by atoms with van der Waals surface area (Å²) in [5.41, 5.74) is 1.92. The molecule has 0 bridgehead atoms. The Balaban J connectivity index is 1.87. The molecule has 1 N–H and O–H groups in total. The summed E-state index contributed by atoms with van der Waals surface area (Å²) < 4.78 is 6.67. The Bertz CT molecular complexity index is 995. The minimum absolute atomic E-state index is 0.148. The van der Waals surface area contributed by atoms with Gasteiger partial charge in [-0.15, -0.1) is 0 Å². The van der Waals surface area contributed by atoms with Crippen LogP contribution >= 0.6 is 15.9 Å². The van der Waals surface area contributed by atoms with Crippen molar-refractivity contribution in [2.24, 2.45) is 0 Å². The Morgan fingerprint density at radius 3 is 2.16 bits per heavy atom. The SMILES string of the molecule is CCNC(=O)C(Cc1ccccc1)N(Cc1ccc(Br)cc1)C(=O)COc1ccccc1. The first-order chi connectivity index (χ1) is 15.6. The van der Waals surface area contributed by atoms with Crippen LogP contribution in [0.15, 0.2) is 89.4 Å². The molecule has 0 aliphatic carbocycles. The van der Waals surface area contributed by atoms with Gasteiger partial charge in [0, 0.05) is 24.0 Å². The number of rotatable bonds is 10. The van der Waals surface area contributed by atoms with Crippen LogP contribution in [0.5, 0.6) is 5.75 Å². The lowest BCUT2D eigenvalue weighted by Gasteiger charge is -2.31. The summed E-state index contributed by atoms with van der Waals surface area (Å²) in [7, 11) is 0. The maximum atomic E-state index is 13.3. The molecule has 0 aromatic heterocycles. The van der Waals surface area contributed by atoms with E-state index in [0.717, 1.165) is 15.6 Å². The smallest absolute Gasteiger partial charge is 0.261 e. The molecule has 3 aromatic rings. The average molecular weight is 495 g/mol. The lowest BCUT2D eigenvalue weighted by atomic mass is 10.0. The second kappa shape index (κ2) is 12.1. The number of carbonyl (C=O) groups is 2. The normalized spacial score (nSPS) is 11.4. The number of halogens is 1. The van der Waals surface area contributed by atoms with E-state index in [0.29, 0.717) is 25.3 Å². The predicted molar refractivity (Wildman–Crippen MR) is 129 cm³/mol. The number of para-hydroxylation sites is 1. The van der Waals surface area contributed by atoms with Gasteiger partial charge in [0.1, 0.15) is 11.8 Å². The molecule has 0 fully saturated rings. The molecule has 32 heavy (non-hydrogen) atoms. The van der Waals surface area contributed by atoms with Crippen molar-refractivity contribution in [3.05, 3.63) is 101 Å². The molecule has 2 amide bonds. The minimum Gasteiger partial charge on any atom is -0.484 e. The van der Waals surface area contributed by atoms with Gasteiger partial charge in [0.2, 0.25) is 5.91 Å². The van der Waals surface area contributed by atoms with E-state index in [2.05, 4.69) is 21.2 Å². The van der Waals surface area contributed by atoms with Crippen molar-refractivity contribution >= 4 is 27.7 Å². The molecule has 0 radical (unpaired) electrons. The second-order valence-corrected chi connectivity index (χ2v) is 8.27. The highest BCUT2D eigenvalue weighted by atomic mass is 79.9. The number of nitrogens with zero attached hydrogens (tertiary/aromatic N) is 1. The summed E-state index contributed by atoms with van der Waals surface area (Å²) in [5, 5.41) is 2.89. The molecular weight excluding hydrogens is 468 g/mol. The molecule has 166 valence electrons. The van der Waals surface area contributed by atoms with Gasteiger partial charge in [-0.2, -0.15) is 0 Å². The highest BCUT2D eigenvalue weighted by molar-refractivity contribution is 9.10. The summed E-state index contributed by atoms with van der Waals surface area (Å²) in [4.78, 5) is 28.0. The van der Waals surface area contributed by atoms with Crippen molar-refractivity contribution in [1.82, 2.24) is 10.2 Å². The molecule has 1 atom stereocenters. The van der Waals surface area contributed by atoms with Gasteiger partial charge in [0.25, 0.3) is 5.91 Å². The van der Waals surface area contributed by atoms with Crippen molar-refractivity contribution < 1.29 is 14.3 Å². The van der Waals surface area contributed by atoms with Crippen LogP contribution in [0.25, 0.3) is 0 Å². The molecule has 1 unspecified atom stereocenters. The van der Waals surface area contributed by atoms with E-state index in [1.165, 1.54) is 0 Å². The van der Waals surface area contributed by atoms with E-state index in [4.69, 9.17) is 4.74 Å². The Morgan fingerprint density at radius 1 is 0.906 bits per heavy atom. The Hall–Kier alpha value is -3.12. The number of carbonyl (C=O) groups excluding carboxylic acids is 2. The van der Waals surface area contributed by atoms with Gasteiger partial charge >= 0.3 is 0 Å². The third-order valence-electron chi connectivity index (χ3n) is 4.99. The summed E-state index contributed by atoms with van der Waals surface area (Å²) in [6, 6.07) is 26.0. The zero-order valence-corrected chi connectivity index (χ0v) is 19.6. The van der Waals surface area contributed by atoms with E-state index < -0.39 is 6.04 Å². The highest BCUT2D eigenvalue weighted by Crippen LogP contribution is 2.18. The number of benzene rings is 3. The number of nitrogens with one attached hydrogen (secondary N) is 1. The van der Waals surface area contributed by atoms with Crippen molar-refractivity contribution in [3.63, 3.8) is 0 Å². The van der Waals surface area contributed by atoms with E-state index in [-0.39, 0.29) is 18.4 Å². The van der Waals surface area contributed by atoms with Gasteiger partial charge in [-0.3, -0.25) is 9.59 Å². The van der Waals surface area contributed by atoms with Crippen LogP contribution in [-0.2, 0) is 22.6 Å². The van der Waals surface area contributed by atoms with E-state index in [1.54, 1.807) is 17.0 Å². The summed E-state index contributed by atoms with van der Waals surface area (Å²) >= 11 is 3.44. The zero-order chi connectivity index (χ0) is 22.8. The predicted octanol–water partition coefficient (Wildman–Crippen LogP) is 4.60. The van der Waals surface area contributed by atoms with Gasteiger partial charge in [0.05, 0.1) is 0 Å². The first kappa shape index (κ1) is 23.5. The largest absolute Gasteiger partial charge is 0.484 e. The van der Waals surface area contributed by atoms with Crippen LogP contribution in [-0.4, -0.2) is 35.9 Å². The maximum Gasteiger partial charge on any atom is 0.261 e. The van der Waals surface area contributed by atoms with Gasteiger partial charge in [-0.25, -0.2) is 0 Å². The summed E-state index contributed by atoms with van der Waals surface area (Å²) in [6.07, 6.45) is 0.417. The third-order valence-corrected chi connectivity index (χ3v) is 5.52. The average Bonchev–Trinajstić information content (AvgIpc) is 2.82. The van der Waals surface area contributed by atoms with Crippen molar-refractivity contribution in [1.29, 1.82) is 0 Å². The van der Waals surface area contributed by atoms with Crippen LogP contribution in [0.4, 0.5) is 0 Å². The molecule has 0 aliphatic heterocycles. The second-order valence-electron chi connectivity index (χ2n) is 7.35. The topological polar surface area (TPSA) is 58.6 Å². The Kier molecular flexibility index (Phi) is 8.87. The van der Waals surface area contributed by atoms with Crippen LogP contribution in [0.2, 0.25) is 0 Å². The molecule has 0 aliphatic rings. The number of hydrogen-bond acceptors (Lipinski definition) is 3. The monoisotopic (exact) mass is 494 g/mol. The fourth-order valence-corrected chi connectivity index (χ4v) is 3.64. The molecule has 6 heteroatoms. The molecule has 5 nitrogen and oxygen atoms in total. The number of ether oxygens (including phenoxy) is 1. The van der Waals surface area contributed by atoms with Crippen molar-refractivity contribution in [3.8, 4) is 5.75 Å². The van der Waals surface area contributed by atoms with E-state index in [9.17, 15) is 9.59 Å². The molecule has 0 saturated heterocycles. The third kappa shape index (κ3) is 6.95. The molecule has 0 heterocycles. The van der Waals surface area contributed by atoms with E-state index >= 15 is 0 Å². The minimum atomic E-state index is -0.659. The van der Waals surface area contributed by atoms with Gasteiger partial charge < -0.3 is 15.0 Å². The van der Waals surface area contributed by atoms with Crippen LogP contribution in [0.1, 0.15) is 18.1 Å². The first-order valence-corrected chi connectivity index (χ1v) is 11.4. The number of hydrogen-bond donors (Lipinski definition) is 1. The van der Waals surface area contributed by atoms with Gasteiger partial charge in [-0.1, -0.05) is 76.6 Å². The fourth-order valence-electron chi connectivity index (χ4n) is 3.38. The highest BCUT2D eigenvalue weighted by Gasteiger charge is 2.30. The zero-order valence-electron chi connectivity index (χ0n) is 18.0. The first-order valence-electron chi connectivity index (χ1n) is 10.6. The van der Waals surface area contributed by atoms with Crippen molar-refractivity contribution in [2.75, 3.05) is 13.2 Å².